The molecule has 1 heterocycles. The van der Waals surface area contributed by atoms with E-state index in [1.54, 1.807) is 39.0 Å². The van der Waals surface area contributed by atoms with Crippen molar-refractivity contribution in [2.24, 2.45) is 0 Å². The van der Waals surface area contributed by atoms with Gasteiger partial charge in [-0.2, -0.15) is 13.2 Å². The maximum absolute atomic E-state index is 12.8. The van der Waals surface area contributed by atoms with E-state index in [0.717, 1.165) is 11.1 Å². The number of alkyl halides is 3. The van der Waals surface area contributed by atoms with Crippen molar-refractivity contribution in [1.82, 2.24) is 4.90 Å². The van der Waals surface area contributed by atoms with Gasteiger partial charge in [0, 0.05) is 18.7 Å². The minimum atomic E-state index is -4.70. The normalized spacial score (nSPS) is 15.2. The van der Waals surface area contributed by atoms with E-state index in [1.165, 1.54) is 17.9 Å². The third-order valence-corrected chi connectivity index (χ3v) is 3.73. The molecule has 0 radical (unpaired) electrons. The maximum Gasteiger partial charge on any atom is 0.433 e. The Morgan fingerprint density at radius 1 is 1.20 bits per heavy atom. The van der Waals surface area contributed by atoms with Crippen molar-refractivity contribution in [3.8, 4) is 0 Å². The summed E-state index contributed by atoms with van der Waals surface area (Å²) in [5.41, 5.74) is -0.226. The topological polar surface area (TPSA) is 53.4 Å². The third-order valence-electron chi connectivity index (χ3n) is 3.73. The number of halogens is 3. The number of rotatable bonds is 2. The zero-order valence-corrected chi connectivity index (χ0v) is 14.6. The number of nitrogens with zero attached hydrogens (tertiary/aromatic N) is 1. The number of carbonyl (C=O) groups excluding carboxylic acids is 1. The second-order valence-corrected chi connectivity index (χ2v) is 6.90. The van der Waals surface area contributed by atoms with Gasteiger partial charge in [-0.1, -0.05) is 18.2 Å². The molecule has 1 aliphatic heterocycles. The van der Waals surface area contributed by atoms with Gasteiger partial charge < -0.3 is 4.74 Å². The lowest BCUT2D eigenvalue weighted by molar-refractivity contribution is -0.0578. The van der Waals surface area contributed by atoms with E-state index in [0.29, 0.717) is 12.1 Å². The number of ether oxygens (including phenoxy) is 1. The highest BCUT2D eigenvalue weighted by molar-refractivity contribution is 6.24. The summed E-state index contributed by atoms with van der Waals surface area (Å²) in [7, 11) is 0. The van der Waals surface area contributed by atoms with Crippen LogP contribution in [-0.2, 0) is 17.8 Å². The summed E-state index contributed by atoms with van der Waals surface area (Å²) in [6, 6.07) is 4.85. The van der Waals surface area contributed by atoms with Crippen LogP contribution >= 0.6 is 0 Å². The van der Waals surface area contributed by atoms with Crippen LogP contribution in [0.2, 0.25) is 0 Å². The Morgan fingerprint density at radius 3 is 2.32 bits per heavy atom. The van der Waals surface area contributed by atoms with Crippen LogP contribution in [0.5, 0.6) is 0 Å². The van der Waals surface area contributed by atoms with Crippen LogP contribution in [0.3, 0.4) is 0 Å². The zero-order chi connectivity index (χ0) is 19.0. The zero-order valence-electron chi connectivity index (χ0n) is 14.6. The number of fused-ring (bicyclic) bond motifs is 1. The molecule has 1 amide bonds. The molecule has 0 unspecified atom stereocenters. The predicted molar refractivity (Wildman–Crippen MR) is 89.4 cm³/mol. The van der Waals surface area contributed by atoms with Gasteiger partial charge in [0.05, 0.1) is 0 Å². The third kappa shape index (κ3) is 4.41. The van der Waals surface area contributed by atoms with E-state index in [1.807, 2.05) is 0 Å². The number of amides is 1. The van der Waals surface area contributed by atoms with Crippen LogP contribution in [0.25, 0.3) is 5.57 Å². The van der Waals surface area contributed by atoms with Crippen LogP contribution < -0.4 is 0 Å². The minimum absolute atomic E-state index is 0.175. The van der Waals surface area contributed by atoms with Gasteiger partial charge in [0.1, 0.15) is 11.3 Å². The molecule has 2 rings (SSSR count). The van der Waals surface area contributed by atoms with Crippen molar-refractivity contribution in [1.29, 1.82) is 5.41 Å². The first kappa shape index (κ1) is 19.0. The molecule has 0 fully saturated rings. The molecule has 4 nitrogen and oxygen atoms in total. The van der Waals surface area contributed by atoms with Crippen LogP contribution in [0.4, 0.5) is 18.0 Å². The van der Waals surface area contributed by atoms with E-state index < -0.39 is 23.6 Å². The van der Waals surface area contributed by atoms with Crippen molar-refractivity contribution in [2.75, 3.05) is 0 Å². The Labute approximate surface area is 144 Å². The van der Waals surface area contributed by atoms with E-state index in [2.05, 4.69) is 0 Å². The molecule has 7 heteroatoms. The number of hydrogen-bond donors (Lipinski definition) is 1. The second kappa shape index (κ2) is 6.54. The number of nitrogens with one attached hydrogen (secondary N) is 1. The quantitative estimate of drug-likeness (QED) is 0.766. The molecule has 0 aromatic heterocycles. The van der Waals surface area contributed by atoms with Crippen LogP contribution in [0.1, 0.15) is 44.4 Å². The first-order valence-corrected chi connectivity index (χ1v) is 7.85. The van der Waals surface area contributed by atoms with Crippen molar-refractivity contribution < 1.29 is 22.7 Å². The SMILES string of the molecule is C/C=C(\C(=N)C(F)(F)F)c1ccc2c(c1)CN(C(=O)OC(C)(C)C)C2. The summed E-state index contributed by atoms with van der Waals surface area (Å²) in [6.07, 6.45) is -3.89. The van der Waals surface area contributed by atoms with Crippen LogP contribution in [-0.4, -0.2) is 28.5 Å². The van der Waals surface area contributed by atoms with E-state index >= 15 is 0 Å². The molecular weight excluding hydrogens is 333 g/mol. The Kier molecular flexibility index (Phi) is 4.97. The van der Waals surface area contributed by atoms with Gasteiger partial charge in [-0.15, -0.1) is 0 Å². The Bertz CT molecular complexity index is 731. The van der Waals surface area contributed by atoms with Crippen LogP contribution in [0, 0.1) is 5.41 Å². The van der Waals surface area contributed by atoms with Gasteiger partial charge in [0.15, 0.2) is 0 Å². The fourth-order valence-electron chi connectivity index (χ4n) is 2.63. The molecule has 0 atom stereocenters. The lowest BCUT2D eigenvalue weighted by Crippen LogP contribution is -2.33. The number of carbonyl (C=O) groups is 1. The van der Waals surface area contributed by atoms with Gasteiger partial charge >= 0.3 is 12.3 Å². The van der Waals surface area contributed by atoms with E-state index in [-0.39, 0.29) is 12.1 Å². The molecule has 1 aliphatic rings. The molecule has 1 N–H and O–H groups in total. The van der Waals surface area contributed by atoms with E-state index in [4.69, 9.17) is 10.1 Å². The summed E-state index contributed by atoms with van der Waals surface area (Å²) in [5.74, 6) is 0. The fraction of sp³-hybridized carbons (Fsp3) is 0.444. The number of allylic oxidation sites excluding steroid dienone is 2. The summed E-state index contributed by atoms with van der Waals surface area (Å²) in [5, 5.41) is 7.36. The van der Waals surface area contributed by atoms with Crippen molar-refractivity contribution in [3.63, 3.8) is 0 Å². The summed E-state index contributed by atoms with van der Waals surface area (Å²) in [4.78, 5) is 13.7. The second-order valence-electron chi connectivity index (χ2n) is 6.90. The van der Waals surface area contributed by atoms with Gasteiger partial charge in [0.2, 0.25) is 0 Å². The minimum Gasteiger partial charge on any atom is -0.444 e. The standard InChI is InChI=1S/C18H21F3N2O2/c1-5-14(15(22)18(19,20)21)11-6-7-12-9-23(10-13(12)8-11)16(24)25-17(2,3)4/h5-8,22H,9-10H2,1-4H3/b14-5-,22-15?. The molecule has 0 saturated heterocycles. The van der Waals surface area contributed by atoms with Crippen molar-refractivity contribution >= 4 is 17.4 Å². The number of benzene rings is 1. The lowest BCUT2D eigenvalue weighted by atomic mass is 9.97. The highest BCUT2D eigenvalue weighted by Crippen LogP contribution is 2.31. The summed E-state index contributed by atoms with van der Waals surface area (Å²) in [6.45, 7) is 7.41. The van der Waals surface area contributed by atoms with Gasteiger partial charge in [-0.25, -0.2) is 4.79 Å². The first-order chi connectivity index (χ1) is 11.4. The Morgan fingerprint density at radius 2 is 1.80 bits per heavy atom. The largest absolute Gasteiger partial charge is 0.444 e. The average Bonchev–Trinajstić information content (AvgIpc) is 2.88. The van der Waals surface area contributed by atoms with Crippen molar-refractivity contribution in [2.45, 2.75) is 52.6 Å². The molecular formula is C18H21F3N2O2. The molecule has 1 aromatic rings. The predicted octanol–water partition coefficient (Wildman–Crippen LogP) is 4.92. The van der Waals surface area contributed by atoms with Gasteiger partial charge in [-0.3, -0.25) is 10.3 Å². The highest BCUT2D eigenvalue weighted by Gasteiger charge is 2.37. The van der Waals surface area contributed by atoms with E-state index in [9.17, 15) is 18.0 Å². The molecule has 136 valence electrons. The van der Waals surface area contributed by atoms with Gasteiger partial charge in [-0.05, 0) is 50.5 Å². The first-order valence-electron chi connectivity index (χ1n) is 7.85. The highest BCUT2D eigenvalue weighted by atomic mass is 19.4. The molecule has 0 saturated carbocycles. The molecule has 1 aromatic carbocycles. The lowest BCUT2D eigenvalue weighted by Gasteiger charge is -2.24. The monoisotopic (exact) mass is 354 g/mol. The summed E-state index contributed by atoms with van der Waals surface area (Å²) >= 11 is 0. The smallest absolute Gasteiger partial charge is 0.433 e. The molecule has 0 aliphatic carbocycles. The number of hydrogen-bond acceptors (Lipinski definition) is 3. The summed E-state index contributed by atoms with van der Waals surface area (Å²) < 4.78 is 43.8. The maximum atomic E-state index is 12.8. The molecule has 25 heavy (non-hydrogen) atoms. The van der Waals surface area contributed by atoms with Crippen LogP contribution in [0.15, 0.2) is 24.3 Å². The molecule has 0 spiro atoms. The fourth-order valence-corrected chi connectivity index (χ4v) is 2.63. The average molecular weight is 354 g/mol. The molecule has 0 bridgehead atoms. The van der Waals surface area contributed by atoms with Crippen molar-refractivity contribution in [3.05, 3.63) is 41.0 Å². The van der Waals surface area contributed by atoms with Gasteiger partial charge in [0.25, 0.3) is 0 Å². The Hall–Kier alpha value is -2.31. The Balaban J connectivity index is 2.22.